The normalized spacial score (nSPS) is 10.1. The number of para-hydroxylation sites is 1. The monoisotopic (exact) mass is 346 g/mol. The highest BCUT2D eigenvalue weighted by molar-refractivity contribution is 6.32. The third kappa shape index (κ3) is 4.49. The fourth-order valence-electron chi connectivity index (χ4n) is 2.23. The minimum absolute atomic E-state index is 0.146. The fourth-order valence-corrected chi connectivity index (χ4v) is 2.47. The minimum atomic E-state index is -0.189. The van der Waals surface area contributed by atoms with Crippen molar-refractivity contribution in [3.63, 3.8) is 0 Å². The van der Waals surface area contributed by atoms with Crippen molar-refractivity contribution in [2.45, 2.75) is 13.3 Å². The molecule has 2 aromatic rings. The first-order valence-electron chi connectivity index (χ1n) is 7.57. The predicted octanol–water partition coefficient (Wildman–Crippen LogP) is 3.28. The minimum Gasteiger partial charge on any atom is -0.492 e. The topological polar surface area (TPSA) is 67.4 Å². The van der Waals surface area contributed by atoms with Crippen molar-refractivity contribution in [1.29, 1.82) is 0 Å². The van der Waals surface area contributed by atoms with Crippen LogP contribution < -0.4 is 15.4 Å². The maximum Gasteiger partial charge on any atom is 0.251 e. The van der Waals surface area contributed by atoms with E-state index in [2.05, 4.69) is 10.6 Å². The highest BCUT2D eigenvalue weighted by Crippen LogP contribution is 2.29. The van der Waals surface area contributed by atoms with E-state index in [9.17, 15) is 9.59 Å². The van der Waals surface area contributed by atoms with Crippen LogP contribution in [0.15, 0.2) is 42.5 Å². The van der Waals surface area contributed by atoms with Gasteiger partial charge in [0.15, 0.2) is 0 Å². The van der Waals surface area contributed by atoms with Crippen LogP contribution in [0.25, 0.3) is 0 Å². The number of benzene rings is 2. The number of ether oxygens (including phenoxy) is 1. The SMILES string of the molecule is CCOc1c(Cl)cccc1CC(=O)Nc1ccc(C(=O)NC)cc1. The number of carbonyl (C=O) groups is 2. The van der Waals surface area contributed by atoms with Gasteiger partial charge < -0.3 is 15.4 Å². The van der Waals surface area contributed by atoms with Crippen LogP contribution in [0.1, 0.15) is 22.8 Å². The number of carbonyl (C=O) groups excluding carboxylic acids is 2. The Balaban J connectivity index is 2.06. The smallest absolute Gasteiger partial charge is 0.251 e. The zero-order valence-electron chi connectivity index (χ0n) is 13.6. The molecule has 0 aliphatic rings. The van der Waals surface area contributed by atoms with Crippen molar-refractivity contribution in [2.75, 3.05) is 19.0 Å². The number of nitrogens with one attached hydrogen (secondary N) is 2. The van der Waals surface area contributed by atoms with Gasteiger partial charge in [-0.15, -0.1) is 0 Å². The van der Waals surface area contributed by atoms with E-state index in [1.54, 1.807) is 43.4 Å². The predicted molar refractivity (Wildman–Crippen MR) is 94.8 cm³/mol. The zero-order chi connectivity index (χ0) is 17.5. The van der Waals surface area contributed by atoms with Gasteiger partial charge >= 0.3 is 0 Å². The number of rotatable bonds is 6. The lowest BCUT2D eigenvalue weighted by Gasteiger charge is -2.12. The van der Waals surface area contributed by atoms with E-state index >= 15 is 0 Å². The van der Waals surface area contributed by atoms with Gasteiger partial charge in [0.05, 0.1) is 18.1 Å². The zero-order valence-corrected chi connectivity index (χ0v) is 14.3. The van der Waals surface area contributed by atoms with Crippen LogP contribution in [0.4, 0.5) is 5.69 Å². The molecule has 6 heteroatoms. The van der Waals surface area contributed by atoms with Crippen molar-refractivity contribution in [3.05, 3.63) is 58.6 Å². The number of anilines is 1. The molecule has 5 nitrogen and oxygen atoms in total. The average Bonchev–Trinajstić information content (AvgIpc) is 2.58. The maximum absolute atomic E-state index is 12.2. The Morgan fingerprint density at radius 3 is 2.46 bits per heavy atom. The Morgan fingerprint density at radius 2 is 1.83 bits per heavy atom. The van der Waals surface area contributed by atoms with Gasteiger partial charge in [-0.1, -0.05) is 23.7 Å². The Morgan fingerprint density at radius 1 is 1.12 bits per heavy atom. The van der Waals surface area contributed by atoms with Crippen LogP contribution in [0.5, 0.6) is 5.75 Å². The Labute approximate surface area is 146 Å². The molecule has 0 spiro atoms. The second kappa shape index (κ2) is 8.36. The molecule has 0 aromatic heterocycles. The van der Waals surface area contributed by atoms with E-state index in [4.69, 9.17) is 16.3 Å². The van der Waals surface area contributed by atoms with Gasteiger partial charge in [-0.2, -0.15) is 0 Å². The van der Waals surface area contributed by atoms with Crippen molar-refractivity contribution in [2.24, 2.45) is 0 Å². The van der Waals surface area contributed by atoms with Gasteiger partial charge in [-0.05, 0) is 37.3 Å². The molecule has 0 bridgehead atoms. The third-order valence-corrected chi connectivity index (χ3v) is 3.64. The maximum atomic E-state index is 12.2. The summed E-state index contributed by atoms with van der Waals surface area (Å²) in [6, 6.07) is 12.0. The van der Waals surface area contributed by atoms with Crippen molar-refractivity contribution in [1.82, 2.24) is 5.32 Å². The van der Waals surface area contributed by atoms with Crippen LogP contribution in [-0.2, 0) is 11.2 Å². The molecule has 0 saturated carbocycles. The second-order valence-corrected chi connectivity index (χ2v) is 5.45. The largest absolute Gasteiger partial charge is 0.492 e. The molecule has 2 amide bonds. The van der Waals surface area contributed by atoms with E-state index in [0.717, 1.165) is 5.56 Å². The first-order chi connectivity index (χ1) is 11.5. The Hall–Kier alpha value is -2.53. The molecule has 0 aliphatic carbocycles. The first kappa shape index (κ1) is 17.8. The van der Waals surface area contributed by atoms with Gasteiger partial charge in [0.2, 0.25) is 5.91 Å². The molecule has 0 unspecified atom stereocenters. The van der Waals surface area contributed by atoms with Crippen LogP contribution in [0.2, 0.25) is 5.02 Å². The van der Waals surface area contributed by atoms with Crippen LogP contribution >= 0.6 is 11.6 Å². The highest BCUT2D eigenvalue weighted by Gasteiger charge is 2.12. The van der Waals surface area contributed by atoms with E-state index < -0.39 is 0 Å². The van der Waals surface area contributed by atoms with Gasteiger partial charge in [0.1, 0.15) is 5.75 Å². The van der Waals surface area contributed by atoms with E-state index in [1.807, 2.05) is 13.0 Å². The Kier molecular flexibility index (Phi) is 6.21. The van der Waals surface area contributed by atoms with E-state index in [0.29, 0.717) is 28.6 Å². The molecular weight excluding hydrogens is 328 g/mol. The van der Waals surface area contributed by atoms with E-state index in [1.165, 1.54) is 0 Å². The lowest BCUT2D eigenvalue weighted by molar-refractivity contribution is -0.115. The molecule has 0 atom stereocenters. The molecule has 2 aromatic carbocycles. The molecule has 2 N–H and O–H groups in total. The van der Waals surface area contributed by atoms with Crippen molar-refractivity contribution >= 4 is 29.1 Å². The summed E-state index contributed by atoms with van der Waals surface area (Å²) >= 11 is 6.12. The summed E-state index contributed by atoms with van der Waals surface area (Å²) in [5, 5.41) is 5.82. The second-order valence-electron chi connectivity index (χ2n) is 5.04. The molecular formula is C18H19ClN2O3. The summed E-state index contributed by atoms with van der Waals surface area (Å²) in [6.07, 6.45) is 0.146. The molecule has 0 radical (unpaired) electrons. The van der Waals surface area contributed by atoms with Crippen LogP contribution in [0.3, 0.4) is 0 Å². The number of halogens is 1. The lowest BCUT2D eigenvalue weighted by atomic mass is 10.1. The summed E-state index contributed by atoms with van der Waals surface area (Å²) in [5.74, 6) is 0.172. The summed E-state index contributed by atoms with van der Waals surface area (Å²) in [4.78, 5) is 23.7. The number of hydrogen-bond donors (Lipinski definition) is 2. The van der Waals surface area contributed by atoms with Crippen LogP contribution in [0, 0.1) is 0 Å². The highest BCUT2D eigenvalue weighted by atomic mass is 35.5. The van der Waals surface area contributed by atoms with Crippen LogP contribution in [-0.4, -0.2) is 25.5 Å². The summed E-state index contributed by atoms with van der Waals surface area (Å²) < 4.78 is 5.52. The van der Waals surface area contributed by atoms with E-state index in [-0.39, 0.29) is 18.2 Å². The van der Waals surface area contributed by atoms with Gasteiger partial charge in [-0.25, -0.2) is 0 Å². The molecule has 0 heterocycles. The van der Waals surface area contributed by atoms with Gasteiger partial charge in [-0.3, -0.25) is 9.59 Å². The standard InChI is InChI=1S/C18H19ClN2O3/c1-3-24-17-13(5-4-6-15(17)19)11-16(22)21-14-9-7-12(8-10-14)18(23)20-2/h4-10H,3,11H2,1-2H3,(H,20,23)(H,21,22). The third-order valence-electron chi connectivity index (χ3n) is 3.35. The summed E-state index contributed by atoms with van der Waals surface area (Å²) in [6.45, 7) is 2.33. The number of hydrogen-bond acceptors (Lipinski definition) is 3. The quantitative estimate of drug-likeness (QED) is 0.843. The van der Waals surface area contributed by atoms with Gasteiger partial charge in [0.25, 0.3) is 5.91 Å². The lowest BCUT2D eigenvalue weighted by Crippen LogP contribution is -2.18. The summed E-state index contributed by atoms with van der Waals surface area (Å²) in [5.41, 5.74) is 1.88. The molecule has 2 rings (SSSR count). The van der Waals surface area contributed by atoms with Gasteiger partial charge in [0, 0.05) is 23.9 Å². The Bertz CT molecular complexity index is 730. The molecule has 24 heavy (non-hydrogen) atoms. The fraction of sp³-hybridized carbons (Fsp3) is 0.222. The average molecular weight is 347 g/mol. The molecule has 0 fully saturated rings. The summed E-state index contributed by atoms with van der Waals surface area (Å²) in [7, 11) is 1.57. The first-order valence-corrected chi connectivity index (χ1v) is 7.95. The number of amides is 2. The van der Waals surface area contributed by atoms with Crippen molar-refractivity contribution in [3.8, 4) is 5.75 Å². The molecule has 126 valence electrons. The molecule has 0 aliphatic heterocycles. The van der Waals surface area contributed by atoms with Crippen molar-refractivity contribution < 1.29 is 14.3 Å². The molecule has 0 saturated heterocycles.